The Bertz CT molecular complexity index is 3920. The summed E-state index contributed by atoms with van der Waals surface area (Å²) >= 11 is 0. The number of hydrogen-bond donors (Lipinski definition) is 0. The van der Waals surface area contributed by atoms with Crippen molar-refractivity contribution in [1.29, 1.82) is 0 Å². The molecule has 3 aromatic heterocycles. The fourth-order valence-electron chi connectivity index (χ4n) is 10.2. The van der Waals surface area contributed by atoms with Gasteiger partial charge >= 0.3 is 0 Å². The molecule has 0 atom stereocenters. The van der Waals surface area contributed by atoms with Crippen molar-refractivity contribution < 1.29 is 0 Å². The molecule has 0 N–H and O–H groups in total. The van der Waals surface area contributed by atoms with E-state index in [0.717, 1.165) is 50.5 Å². The van der Waals surface area contributed by atoms with Gasteiger partial charge in [0.1, 0.15) is 0 Å². The molecule has 3 heterocycles. The lowest BCUT2D eigenvalue weighted by Crippen LogP contribution is -1.96. The molecule has 0 saturated carbocycles. The fourth-order valence-corrected chi connectivity index (χ4v) is 10.2. The zero-order valence-electron chi connectivity index (χ0n) is 37.2. The predicted octanol–water partition coefficient (Wildman–Crippen LogP) is 17.3. The van der Waals surface area contributed by atoms with Crippen LogP contribution in [0.25, 0.3) is 122 Å². The van der Waals surface area contributed by atoms with E-state index in [2.05, 4.69) is 270 Å². The van der Waals surface area contributed by atoms with E-state index in [1.165, 1.54) is 71.5 Å². The van der Waals surface area contributed by atoms with Gasteiger partial charge in [-0.2, -0.15) is 0 Å². The average Bonchev–Trinajstić information content (AvgIpc) is 3.94. The average molecular weight is 866 g/mol. The van der Waals surface area contributed by atoms with E-state index < -0.39 is 0 Å². The van der Waals surface area contributed by atoms with Crippen molar-refractivity contribution in [3.63, 3.8) is 0 Å². The normalized spacial score (nSPS) is 11.5. The molecule has 0 spiro atoms. The molecule has 318 valence electrons. The van der Waals surface area contributed by atoms with Gasteiger partial charge in [0.05, 0.1) is 33.5 Å². The number of aromatic nitrogens is 3. The molecule has 68 heavy (non-hydrogen) atoms. The number of hydrogen-bond acceptors (Lipinski definition) is 1. The van der Waals surface area contributed by atoms with Gasteiger partial charge in [-0.25, -0.2) is 4.98 Å². The van der Waals surface area contributed by atoms with Gasteiger partial charge in [-0.1, -0.05) is 194 Å². The summed E-state index contributed by atoms with van der Waals surface area (Å²) in [5.41, 5.74) is 20.5. The molecule has 0 aliphatic rings. The second-order valence-electron chi connectivity index (χ2n) is 17.6. The van der Waals surface area contributed by atoms with Gasteiger partial charge in [-0.3, -0.25) is 0 Å². The smallest absolute Gasteiger partial charge is 0.0716 e. The van der Waals surface area contributed by atoms with Crippen LogP contribution in [0.3, 0.4) is 0 Å². The highest BCUT2D eigenvalue weighted by atomic mass is 15.0. The molecule has 0 aliphatic heterocycles. The first-order chi connectivity index (χ1) is 33.7. The van der Waals surface area contributed by atoms with Crippen molar-refractivity contribution in [3.8, 4) is 78.4 Å². The first-order valence-corrected chi connectivity index (χ1v) is 23.3. The van der Waals surface area contributed by atoms with Crippen LogP contribution in [0, 0.1) is 0 Å². The van der Waals surface area contributed by atoms with Crippen LogP contribution in [-0.2, 0) is 0 Å². The summed E-state index contributed by atoms with van der Waals surface area (Å²) in [5, 5.41) is 4.91. The van der Waals surface area contributed by atoms with Crippen molar-refractivity contribution in [1.82, 2.24) is 14.1 Å². The Balaban J connectivity index is 0.892. The molecular weight excluding hydrogens is 823 g/mol. The summed E-state index contributed by atoms with van der Waals surface area (Å²) in [6, 6.07) is 94.2. The van der Waals surface area contributed by atoms with E-state index in [-0.39, 0.29) is 0 Å². The van der Waals surface area contributed by atoms with E-state index in [1.807, 2.05) is 0 Å². The summed E-state index contributed by atoms with van der Waals surface area (Å²) in [4.78, 5) is 5.28. The Morgan fingerprint density at radius 1 is 0.206 bits per heavy atom. The molecule has 3 heteroatoms. The highest BCUT2D eigenvalue weighted by molar-refractivity contribution is 6.12. The Hall–Kier alpha value is -9.05. The van der Waals surface area contributed by atoms with Gasteiger partial charge in [0.2, 0.25) is 0 Å². The van der Waals surface area contributed by atoms with E-state index >= 15 is 0 Å². The molecule has 0 amide bonds. The highest BCUT2D eigenvalue weighted by Crippen LogP contribution is 2.40. The number of benzene rings is 10. The minimum Gasteiger partial charge on any atom is -0.309 e. The van der Waals surface area contributed by atoms with Crippen LogP contribution in [-0.4, -0.2) is 14.1 Å². The number of para-hydroxylation sites is 2. The van der Waals surface area contributed by atoms with Gasteiger partial charge < -0.3 is 9.13 Å². The zero-order chi connectivity index (χ0) is 45.0. The number of nitrogens with zero attached hydrogens (tertiary/aromatic N) is 3. The number of fused-ring (bicyclic) bond motifs is 6. The first-order valence-electron chi connectivity index (χ1n) is 23.3. The molecular formula is C65H43N3. The SMILES string of the molecule is c1ccc(-c2ccc(-c3ccc(-n4c5ccccc5c5cc(-c6ccc7c8ccccc8n(-c8cccc(-c9cc(-c%10ccccc%10)cc(-c%10ccccc%10)n9)c8)c7c6)ccc54)cc3)cc2)cc1. The Morgan fingerprint density at radius 3 is 1.28 bits per heavy atom. The van der Waals surface area contributed by atoms with Crippen molar-refractivity contribution in [2.75, 3.05) is 0 Å². The molecule has 13 aromatic rings. The van der Waals surface area contributed by atoms with Gasteiger partial charge in [-0.15, -0.1) is 0 Å². The minimum atomic E-state index is 0.936. The third-order valence-corrected chi connectivity index (χ3v) is 13.5. The van der Waals surface area contributed by atoms with Crippen molar-refractivity contribution in [2.45, 2.75) is 0 Å². The third kappa shape index (κ3) is 6.88. The van der Waals surface area contributed by atoms with Crippen LogP contribution in [0.4, 0.5) is 0 Å². The maximum atomic E-state index is 5.28. The molecule has 13 rings (SSSR count). The summed E-state index contributed by atoms with van der Waals surface area (Å²) in [6.45, 7) is 0. The molecule has 10 aromatic carbocycles. The van der Waals surface area contributed by atoms with Crippen LogP contribution >= 0.6 is 0 Å². The molecule has 0 aliphatic carbocycles. The van der Waals surface area contributed by atoms with E-state index in [9.17, 15) is 0 Å². The van der Waals surface area contributed by atoms with Crippen molar-refractivity contribution >= 4 is 43.6 Å². The fraction of sp³-hybridized carbons (Fsp3) is 0. The van der Waals surface area contributed by atoms with Crippen LogP contribution in [0.15, 0.2) is 261 Å². The van der Waals surface area contributed by atoms with Gasteiger partial charge in [0, 0.05) is 44.0 Å². The third-order valence-electron chi connectivity index (χ3n) is 13.5. The second-order valence-corrected chi connectivity index (χ2v) is 17.6. The lowest BCUT2D eigenvalue weighted by molar-refractivity contribution is 1.18. The molecule has 3 nitrogen and oxygen atoms in total. The number of rotatable bonds is 8. The predicted molar refractivity (Wildman–Crippen MR) is 286 cm³/mol. The van der Waals surface area contributed by atoms with Crippen LogP contribution in [0.1, 0.15) is 0 Å². The Morgan fingerprint density at radius 2 is 0.632 bits per heavy atom. The van der Waals surface area contributed by atoms with E-state index in [4.69, 9.17) is 4.98 Å². The van der Waals surface area contributed by atoms with Crippen molar-refractivity contribution in [3.05, 3.63) is 261 Å². The van der Waals surface area contributed by atoms with Crippen molar-refractivity contribution in [2.24, 2.45) is 0 Å². The summed E-state index contributed by atoms with van der Waals surface area (Å²) in [5.74, 6) is 0. The van der Waals surface area contributed by atoms with Gasteiger partial charge in [0.25, 0.3) is 0 Å². The lowest BCUT2D eigenvalue weighted by Gasteiger charge is -2.13. The maximum absolute atomic E-state index is 5.28. The maximum Gasteiger partial charge on any atom is 0.0716 e. The Labute approximate surface area is 395 Å². The summed E-state index contributed by atoms with van der Waals surface area (Å²) in [6.07, 6.45) is 0. The summed E-state index contributed by atoms with van der Waals surface area (Å²) < 4.78 is 4.82. The van der Waals surface area contributed by atoms with Crippen LogP contribution < -0.4 is 0 Å². The van der Waals surface area contributed by atoms with E-state index in [1.54, 1.807) is 0 Å². The largest absolute Gasteiger partial charge is 0.309 e. The molecule has 0 bridgehead atoms. The standard InChI is InChI=1S/C65H43N3/c1-4-15-44(16-5-1)46-27-29-47(30-28-46)48-31-35-54(36-32-48)67-63-26-13-11-24-57(63)59-40-50(34-38-64(59)67)51-33-37-58-56-23-10-12-25-62(56)68(65(58)43-51)55-22-14-21-52(39-55)61-42-53(45-17-6-2-7-18-45)41-60(66-61)49-19-8-3-9-20-49/h1-43H. The van der Waals surface area contributed by atoms with Gasteiger partial charge in [-0.05, 0) is 111 Å². The first kappa shape index (κ1) is 39.3. The minimum absolute atomic E-state index is 0.936. The quantitative estimate of drug-likeness (QED) is 0.149. The monoisotopic (exact) mass is 865 g/mol. The molecule has 0 radical (unpaired) electrons. The second kappa shape index (κ2) is 16.4. The van der Waals surface area contributed by atoms with E-state index in [0.29, 0.717) is 0 Å². The highest BCUT2D eigenvalue weighted by Gasteiger charge is 2.18. The topological polar surface area (TPSA) is 22.8 Å². The van der Waals surface area contributed by atoms with Crippen LogP contribution in [0.5, 0.6) is 0 Å². The molecule has 0 fully saturated rings. The van der Waals surface area contributed by atoms with Crippen LogP contribution in [0.2, 0.25) is 0 Å². The Kier molecular flexibility index (Phi) is 9.50. The lowest BCUT2D eigenvalue weighted by atomic mass is 10.00. The number of pyridine rings is 1. The summed E-state index contributed by atoms with van der Waals surface area (Å²) in [7, 11) is 0. The molecule has 0 saturated heterocycles. The van der Waals surface area contributed by atoms with Gasteiger partial charge in [0.15, 0.2) is 0 Å². The zero-order valence-corrected chi connectivity index (χ0v) is 37.2. The molecule has 0 unspecified atom stereocenters.